The Morgan fingerprint density at radius 2 is 0.548 bits per heavy atom. The number of aromatic nitrogens is 2. The summed E-state index contributed by atoms with van der Waals surface area (Å²) in [6, 6.07) is 121. The van der Waals surface area contributed by atoms with Crippen molar-refractivity contribution >= 4 is 77.0 Å². The minimum absolute atomic E-state index is 0.757. The first-order valence-electron chi connectivity index (χ1n) is 31.5. The molecule has 6 heteroatoms. The Balaban J connectivity index is 0.871. The molecule has 4 aromatic heterocycles. The number of pyridine rings is 2. The smallest absolute Gasteiger partial charge is 0.0715 e. The molecule has 93 heavy (non-hydrogen) atoms. The predicted molar refractivity (Wildman–Crippen MR) is 392 cm³/mol. The molecule has 1 aliphatic carbocycles. The SMILES string of the molecule is c1ccc(-c2sc3cc(N(c4ccc(-c5ccncc5)cc4)c4ccc5c(c4)C(c4ccccc4)(c4ccccc4)c4cc(N(c6ccc(-c7ccncc7)cc6)c6ccc7c(-c8ccccc8)c(-c8ccccc8)sc7c6)ccc4-5)ccc3c2-c2ccccc2)cc1. The van der Waals surface area contributed by atoms with E-state index < -0.39 is 5.41 Å². The largest absolute Gasteiger partial charge is 0.310 e. The molecule has 438 valence electrons. The van der Waals surface area contributed by atoms with Gasteiger partial charge in [-0.3, -0.25) is 9.97 Å². The summed E-state index contributed by atoms with van der Waals surface area (Å²) in [5.74, 6) is 0. The highest BCUT2D eigenvalue weighted by atomic mass is 32.1. The fourth-order valence-corrected chi connectivity index (χ4v) is 16.7. The van der Waals surface area contributed by atoms with E-state index in [4.69, 9.17) is 0 Å². The molecular formula is C87H58N4S2. The number of hydrogen-bond acceptors (Lipinski definition) is 6. The minimum Gasteiger partial charge on any atom is -0.310 e. The van der Waals surface area contributed by atoms with Crippen molar-refractivity contribution in [1.82, 2.24) is 9.97 Å². The average Bonchev–Trinajstić information content (AvgIpc) is 1.54. The van der Waals surface area contributed by atoms with Gasteiger partial charge in [-0.1, -0.05) is 231 Å². The van der Waals surface area contributed by atoms with Crippen LogP contribution in [0.2, 0.25) is 0 Å². The fraction of sp³-hybridized carbons (Fsp3) is 0.0115. The van der Waals surface area contributed by atoms with Crippen LogP contribution in [0, 0.1) is 0 Å². The number of fused-ring (bicyclic) bond motifs is 5. The second-order valence-corrected chi connectivity index (χ2v) is 25.7. The van der Waals surface area contributed by atoms with Crippen LogP contribution in [0.3, 0.4) is 0 Å². The lowest BCUT2D eigenvalue weighted by atomic mass is 9.67. The van der Waals surface area contributed by atoms with Crippen LogP contribution < -0.4 is 9.80 Å². The molecule has 17 rings (SSSR count). The van der Waals surface area contributed by atoms with Gasteiger partial charge >= 0.3 is 0 Å². The van der Waals surface area contributed by atoms with Crippen LogP contribution in [-0.2, 0) is 5.41 Å². The Hall–Kier alpha value is -11.5. The van der Waals surface area contributed by atoms with Crippen molar-refractivity contribution < 1.29 is 0 Å². The monoisotopic (exact) mass is 1220 g/mol. The van der Waals surface area contributed by atoms with E-state index in [9.17, 15) is 0 Å². The fourth-order valence-electron chi connectivity index (χ4n) is 14.1. The van der Waals surface area contributed by atoms with Crippen LogP contribution in [0.15, 0.2) is 352 Å². The summed E-state index contributed by atoms with van der Waals surface area (Å²) in [4.78, 5) is 16.1. The van der Waals surface area contributed by atoms with Crippen LogP contribution in [0.25, 0.3) is 96.7 Å². The predicted octanol–water partition coefficient (Wildman–Crippen LogP) is 24.2. The highest BCUT2D eigenvalue weighted by molar-refractivity contribution is 7.23. The average molecular weight is 1220 g/mol. The van der Waals surface area contributed by atoms with Crippen molar-refractivity contribution in [3.05, 3.63) is 375 Å². The first kappa shape index (κ1) is 55.5. The Kier molecular flexibility index (Phi) is 14.1. The molecule has 0 fully saturated rings. The number of rotatable bonds is 14. The highest BCUT2D eigenvalue weighted by Gasteiger charge is 2.47. The summed E-state index contributed by atoms with van der Waals surface area (Å²) in [5, 5.41) is 2.47. The number of nitrogens with zero attached hydrogens (tertiary/aromatic N) is 4. The lowest BCUT2D eigenvalue weighted by molar-refractivity contribution is 0.768. The Bertz CT molecular complexity index is 5000. The van der Waals surface area contributed by atoms with E-state index in [1.54, 1.807) is 0 Å². The molecule has 0 radical (unpaired) electrons. The zero-order valence-corrected chi connectivity index (χ0v) is 52.2. The first-order chi connectivity index (χ1) is 46.1. The molecule has 12 aromatic carbocycles. The van der Waals surface area contributed by atoms with Gasteiger partial charge in [0.15, 0.2) is 0 Å². The maximum Gasteiger partial charge on any atom is 0.0715 e. The second kappa shape index (κ2) is 23.7. The third-order valence-electron chi connectivity index (χ3n) is 18.4. The third-order valence-corrected chi connectivity index (χ3v) is 20.8. The number of hydrogen-bond donors (Lipinski definition) is 0. The molecule has 0 aliphatic heterocycles. The van der Waals surface area contributed by atoms with Gasteiger partial charge in [0.05, 0.1) is 5.41 Å². The van der Waals surface area contributed by atoms with E-state index in [1.165, 1.54) is 96.7 Å². The van der Waals surface area contributed by atoms with Crippen LogP contribution in [-0.4, -0.2) is 9.97 Å². The van der Waals surface area contributed by atoms with Crippen molar-refractivity contribution in [2.45, 2.75) is 5.41 Å². The molecule has 16 aromatic rings. The van der Waals surface area contributed by atoms with E-state index in [0.717, 1.165) is 56.4 Å². The molecule has 0 atom stereocenters. The van der Waals surface area contributed by atoms with E-state index >= 15 is 0 Å². The molecule has 1 aliphatic rings. The number of thiophene rings is 2. The third kappa shape index (κ3) is 9.83. The van der Waals surface area contributed by atoms with Gasteiger partial charge in [-0.05, 0) is 175 Å². The van der Waals surface area contributed by atoms with Crippen LogP contribution in [0.5, 0.6) is 0 Å². The summed E-state index contributed by atoms with van der Waals surface area (Å²) in [6.07, 6.45) is 7.45. The Morgan fingerprint density at radius 1 is 0.247 bits per heavy atom. The van der Waals surface area contributed by atoms with Gasteiger partial charge in [-0.25, -0.2) is 0 Å². The molecule has 0 N–H and O–H groups in total. The van der Waals surface area contributed by atoms with Crippen molar-refractivity contribution in [3.8, 4) is 76.5 Å². The van der Waals surface area contributed by atoms with Crippen molar-refractivity contribution in [2.24, 2.45) is 0 Å². The molecule has 0 bridgehead atoms. The van der Waals surface area contributed by atoms with Crippen LogP contribution >= 0.6 is 22.7 Å². The van der Waals surface area contributed by atoms with Gasteiger partial charge in [0, 0.05) is 100.0 Å². The van der Waals surface area contributed by atoms with E-state index in [1.807, 2.05) is 47.5 Å². The van der Waals surface area contributed by atoms with E-state index in [0.29, 0.717) is 0 Å². The lowest BCUT2D eigenvalue weighted by Gasteiger charge is -2.35. The molecule has 0 saturated heterocycles. The molecule has 0 saturated carbocycles. The summed E-state index contributed by atoms with van der Waals surface area (Å²) < 4.78 is 2.44. The van der Waals surface area contributed by atoms with Gasteiger partial charge in [0.25, 0.3) is 0 Å². The zero-order chi connectivity index (χ0) is 61.7. The second-order valence-electron chi connectivity index (χ2n) is 23.6. The standard InChI is InChI=1S/C87H58N4S2/c1-7-19-63(20-8-1)83-77-45-41-73(57-81(77)92-85(83)65-23-11-3-12-24-65)90(69-35-31-59(32-36-69)61-47-51-88-52-48-61)71-39-43-75-76-44-40-72(56-80(76)87(79(75)55-71,67-27-15-5-16-28-67)68-29-17-6-18-30-68)91(70-37-33-60(34-38-70)62-49-53-89-54-50-62)74-42-46-78-82(58-74)93-86(66-25-13-4-14-26-66)84(78)64-21-9-2-10-22-64/h1-58H. The first-order valence-corrected chi connectivity index (χ1v) is 33.1. The van der Waals surface area contributed by atoms with Gasteiger partial charge in [0.1, 0.15) is 0 Å². The maximum absolute atomic E-state index is 4.34. The molecule has 0 unspecified atom stereocenters. The molecular weight excluding hydrogens is 1170 g/mol. The van der Waals surface area contributed by atoms with Gasteiger partial charge in [-0.2, -0.15) is 0 Å². The van der Waals surface area contributed by atoms with Gasteiger partial charge in [0.2, 0.25) is 0 Å². The normalized spacial score (nSPS) is 12.2. The van der Waals surface area contributed by atoms with E-state index in [2.05, 4.69) is 347 Å². The summed E-state index contributed by atoms with van der Waals surface area (Å²) in [6.45, 7) is 0. The Labute approximate surface area is 549 Å². The lowest BCUT2D eigenvalue weighted by Crippen LogP contribution is -2.29. The highest BCUT2D eigenvalue weighted by Crippen LogP contribution is 2.59. The van der Waals surface area contributed by atoms with Crippen LogP contribution in [0.1, 0.15) is 22.3 Å². The summed E-state index contributed by atoms with van der Waals surface area (Å²) in [7, 11) is 0. The topological polar surface area (TPSA) is 32.3 Å². The number of anilines is 6. The summed E-state index contributed by atoms with van der Waals surface area (Å²) >= 11 is 3.72. The van der Waals surface area contributed by atoms with Crippen LogP contribution in [0.4, 0.5) is 34.1 Å². The van der Waals surface area contributed by atoms with Crippen molar-refractivity contribution in [3.63, 3.8) is 0 Å². The minimum atomic E-state index is -0.757. The Morgan fingerprint density at radius 3 is 0.914 bits per heavy atom. The van der Waals surface area contributed by atoms with Crippen molar-refractivity contribution in [2.75, 3.05) is 9.80 Å². The molecule has 4 nitrogen and oxygen atoms in total. The van der Waals surface area contributed by atoms with E-state index in [-0.39, 0.29) is 0 Å². The molecule has 0 amide bonds. The van der Waals surface area contributed by atoms with Crippen molar-refractivity contribution in [1.29, 1.82) is 0 Å². The zero-order valence-electron chi connectivity index (χ0n) is 50.6. The number of benzene rings is 12. The summed E-state index contributed by atoms with van der Waals surface area (Å²) in [5.41, 5.74) is 24.7. The van der Waals surface area contributed by atoms with Gasteiger partial charge in [-0.15, -0.1) is 22.7 Å². The quantitative estimate of drug-likeness (QED) is 0.109. The molecule has 4 heterocycles. The molecule has 0 spiro atoms. The maximum atomic E-state index is 4.34. The van der Waals surface area contributed by atoms with Gasteiger partial charge < -0.3 is 9.80 Å².